The van der Waals surface area contributed by atoms with Crippen LogP contribution >= 0.6 is 12.2 Å². The van der Waals surface area contributed by atoms with E-state index in [0.29, 0.717) is 23.0 Å². The van der Waals surface area contributed by atoms with Crippen LogP contribution in [0.1, 0.15) is 13.8 Å². The van der Waals surface area contributed by atoms with Crippen LogP contribution in [0.15, 0.2) is 24.3 Å². The fraction of sp³-hybridized carbons (Fsp3) is 0.429. The molecule has 20 heavy (non-hydrogen) atoms. The Morgan fingerprint density at radius 3 is 2.70 bits per heavy atom. The summed E-state index contributed by atoms with van der Waals surface area (Å²) in [6.45, 7) is 4.67. The number of nitrogens with two attached hydrogens (primary N) is 1. The van der Waals surface area contributed by atoms with Gasteiger partial charge in [0, 0.05) is 24.3 Å². The molecule has 0 radical (unpaired) electrons. The van der Waals surface area contributed by atoms with Gasteiger partial charge >= 0.3 is 0 Å². The van der Waals surface area contributed by atoms with Crippen LogP contribution in [0.25, 0.3) is 0 Å². The maximum atomic E-state index is 12.0. The first-order chi connectivity index (χ1) is 9.42. The number of nitrogens with one attached hydrogen (secondary N) is 1. The summed E-state index contributed by atoms with van der Waals surface area (Å²) in [5.41, 5.74) is 6.24. The number of benzene rings is 1. The van der Waals surface area contributed by atoms with E-state index in [9.17, 15) is 4.79 Å². The van der Waals surface area contributed by atoms with Crippen LogP contribution < -0.4 is 15.8 Å². The molecule has 0 spiro atoms. The molecule has 0 aliphatic rings. The van der Waals surface area contributed by atoms with Crippen molar-refractivity contribution in [2.45, 2.75) is 19.9 Å². The number of rotatable bonds is 7. The smallest absolute Gasteiger partial charge is 0.238 e. The van der Waals surface area contributed by atoms with Gasteiger partial charge in [-0.1, -0.05) is 18.3 Å². The Morgan fingerprint density at radius 2 is 2.15 bits per heavy atom. The molecule has 0 bridgehead atoms. The van der Waals surface area contributed by atoms with Gasteiger partial charge in [0.25, 0.3) is 0 Å². The van der Waals surface area contributed by atoms with Crippen molar-refractivity contribution >= 4 is 28.8 Å². The summed E-state index contributed by atoms with van der Waals surface area (Å²) < 4.78 is 5.11. The molecule has 1 rings (SSSR count). The molecule has 0 saturated heterocycles. The Morgan fingerprint density at radius 1 is 1.45 bits per heavy atom. The zero-order valence-corrected chi connectivity index (χ0v) is 12.9. The maximum Gasteiger partial charge on any atom is 0.238 e. The van der Waals surface area contributed by atoms with Crippen LogP contribution in [-0.4, -0.2) is 42.0 Å². The minimum atomic E-state index is -0.108. The molecule has 1 aromatic rings. The molecule has 5 nitrogen and oxygen atoms in total. The number of thiocarbonyl (C=S) groups is 1. The third-order valence-corrected chi connectivity index (χ3v) is 2.92. The Kier molecular flexibility index (Phi) is 6.41. The topological polar surface area (TPSA) is 67.6 Å². The fourth-order valence-electron chi connectivity index (χ4n) is 1.71. The monoisotopic (exact) mass is 295 g/mol. The van der Waals surface area contributed by atoms with E-state index in [4.69, 9.17) is 22.7 Å². The molecule has 1 aromatic carbocycles. The lowest BCUT2D eigenvalue weighted by atomic mass is 10.2. The second-order valence-electron chi connectivity index (χ2n) is 4.75. The van der Waals surface area contributed by atoms with Crippen LogP contribution in [0, 0.1) is 0 Å². The third kappa shape index (κ3) is 5.54. The molecule has 0 aliphatic carbocycles. The Labute approximate surface area is 125 Å². The van der Waals surface area contributed by atoms with Gasteiger partial charge in [0.15, 0.2) is 0 Å². The Hall–Kier alpha value is -1.66. The average Bonchev–Trinajstić information content (AvgIpc) is 2.37. The Bertz CT molecular complexity index is 477. The lowest BCUT2D eigenvalue weighted by molar-refractivity contribution is -0.117. The van der Waals surface area contributed by atoms with Crippen LogP contribution in [0.5, 0.6) is 5.75 Å². The van der Waals surface area contributed by atoms with Gasteiger partial charge in [-0.2, -0.15) is 0 Å². The number of hydrogen-bond donors (Lipinski definition) is 2. The first-order valence-corrected chi connectivity index (χ1v) is 6.79. The highest BCUT2D eigenvalue weighted by Crippen LogP contribution is 2.16. The summed E-state index contributed by atoms with van der Waals surface area (Å²) >= 11 is 4.89. The molecule has 0 fully saturated rings. The highest BCUT2D eigenvalue weighted by molar-refractivity contribution is 7.80. The van der Waals surface area contributed by atoms with Crippen LogP contribution in [0.2, 0.25) is 0 Å². The lowest BCUT2D eigenvalue weighted by Crippen LogP contribution is -2.42. The molecule has 0 atom stereocenters. The summed E-state index contributed by atoms with van der Waals surface area (Å²) in [5.74, 6) is 0.592. The summed E-state index contributed by atoms with van der Waals surface area (Å²) in [7, 11) is 1.59. The number of methoxy groups -OCH3 is 1. The van der Waals surface area contributed by atoms with Gasteiger partial charge in [-0.25, -0.2) is 0 Å². The van der Waals surface area contributed by atoms with Gasteiger partial charge in [0.2, 0.25) is 5.91 Å². The predicted molar refractivity (Wildman–Crippen MR) is 85.1 cm³/mol. The van der Waals surface area contributed by atoms with Gasteiger partial charge in [0.05, 0.1) is 18.6 Å². The van der Waals surface area contributed by atoms with Gasteiger partial charge in [-0.05, 0) is 26.0 Å². The standard InChI is InChI=1S/C14H21N3O2S/c1-10(2)17(8-13(15)20)9-14(18)16-11-5-4-6-12(7-11)19-3/h4-7,10H,8-9H2,1-3H3,(H2,15,20)(H,16,18). The maximum absolute atomic E-state index is 12.0. The number of carbonyl (C=O) groups is 1. The second kappa shape index (κ2) is 7.81. The van der Waals surface area contributed by atoms with Crippen molar-refractivity contribution < 1.29 is 9.53 Å². The van der Waals surface area contributed by atoms with Crippen molar-refractivity contribution in [2.75, 3.05) is 25.5 Å². The number of nitrogens with zero attached hydrogens (tertiary/aromatic N) is 1. The summed E-state index contributed by atoms with van der Waals surface area (Å²) in [6, 6.07) is 7.42. The second-order valence-corrected chi connectivity index (χ2v) is 5.27. The highest BCUT2D eigenvalue weighted by Gasteiger charge is 2.15. The minimum absolute atomic E-state index is 0.108. The Balaban J connectivity index is 2.62. The molecule has 0 heterocycles. The quantitative estimate of drug-likeness (QED) is 0.748. The van der Waals surface area contributed by atoms with E-state index in [1.807, 2.05) is 36.9 Å². The van der Waals surface area contributed by atoms with E-state index < -0.39 is 0 Å². The molecule has 0 saturated carbocycles. The van der Waals surface area contributed by atoms with E-state index in [1.165, 1.54) is 0 Å². The molecular weight excluding hydrogens is 274 g/mol. The van der Waals surface area contributed by atoms with E-state index in [-0.39, 0.29) is 18.5 Å². The molecule has 6 heteroatoms. The first kappa shape index (κ1) is 16.4. The zero-order valence-electron chi connectivity index (χ0n) is 12.1. The highest BCUT2D eigenvalue weighted by atomic mass is 32.1. The first-order valence-electron chi connectivity index (χ1n) is 6.38. The minimum Gasteiger partial charge on any atom is -0.497 e. The van der Waals surface area contributed by atoms with Gasteiger partial charge in [0.1, 0.15) is 5.75 Å². The van der Waals surface area contributed by atoms with Crippen molar-refractivity contribution in [3.8, 4) is 5.75 Å². The van der Waals surface area contributed by atoms with Crippen LogP contribution in [0.4, 0.5) is 5.69 Å². The summed E-state index contributed by atoms with van der Waals surface area (Å²) in [5, 5.41) is 2.83. The van der Waals surface area contributed by atoms with Crippen molar-refractivity contribution in [1.29, 1.82) is 0 Å². The summed E-state index contributed by atoms with van der Waals surface area (Å²) in [6.07, 6.45) is 0. The lowest BCUT2D eigenvalue weighted by Gasteiger charge is -2.25. The zero-order chi connectivity index (χ0) is 15.1. The normalized spacial score (nSPS) is 10.7. The average molecular weight is 295 g/mol. The van der Waals surface area contributed by atoms with E-state index in [0.717, 1.165) is 0 Å². The third-order valence-electron chi connectivity index (χ3n) is 2.79. The number of carbonyl (C=O) groups excluding carboxylic acids is 1. The fourth-order valence-corrected chi connectivity index (χ4v) is 1.87. The number of ether oxygens (including phenoxy) is 1. The van der Waals surface area contributed by atoms with Gasteiger partial charge < -0.3 is 15.8 Å². The van der Waals surface area contributed by atoms with Crippen molar-refractivity contribution in [3.63, 3.8) is 0 Å². The van der Waals surface area contributed by atoms with Crippen molar-refractivity contribution in [1.82, 2.24) is 4.90 Å². The van der Waals surface area contributed by atoms with E-state index in [2.05, 4.69) is 5.32 Å². The molecule has 1 amide bonds. The van der Waals surface area contributed by atoms with Crippen molar-refractivity contribution in [2.24, 2.45) is 5.73 Å². The van der Waals surface area contributed by atoms with Gasteiger partial charge in [-0.3, -0.25) is 9.69 Å². The molecular formula is C14H21N3O2S. The van der Waals surface area contributed by atoms with Gasteiger partial charge in [-0.15, -0.1) is 0 Å². The molecule has 0 aromatic heterocycles. The largest absolute Gasteiger partial charge is 0.497 e. The number of anilines is 1. The number of hydrogen-bond acceptors (Lipinski definition) is 4. The van der Waals surface area contributed by atoms with E-state index in [1.54, 1.807) is 13.2 Å². The summed E-state index contributed by atoms with van der Waals surface area (Å²) in [4.78, 5) is 14.3. The van der Waals surface area contributed by atoms with E-state index >= 15 is 0 Å². The molecule has 0 unspecified atom stereocenters. The SMILES string of the molecule is COc1cccc(NC(=O)CN(CC(N)=S)C(C)C)c1. The van der Waals surface area contributed by atoms with Crippen LogP contribution in [-0.2, 0) is 4.79 Å². The predicted octanol–water partition coefficient (Wildman–Crippen LogP) is 1.63. The molecule has 0 aliphatic heterocycles. The van der Waals surface area contributed by atoms with Crippen LogP contribution in [0.3, 0.4) is 0 Å². The molecule has 3 N–H and O–H groups in total. The van der Waals surface area contributed by atoms with Crippen molar-refractivity contribution in [3.05, 3.63) is 24.3 Å². The number of amides is 1. The molecule has 110 valence electrons.